The van der Waals surface area contributed by atoms with Crippen LogP contribution in [-0.2, 0) is 28.6 Å². The molecular formula is C20H15NO11S. The number of ketones is 2. The number of hydrogen-bond donors (Lipinski definition) is 1. The number of aliphatic hydroxyl groups excluding tert-OH is 1. The van der Waals surface area contributed by atoms with Crippen LogP contribution in [0.3, 0.4) is 0 Å². The molecule has 1 N–H and O–H groups in total. The highest BCUT2D eigenvalue weighted by molar-refractivity contribution is 7.86. The minimum absolute atomic E-state index is 0.0143. The van der Waals surface area contributed by atoms with Crippen LogP contribution in [0.2, 0.25) is 0 Å². The molecule has 4 atom stereocenters. The normalized spacial score (nSPS) is 28.2. The lowest BCUT2D eigenvalue weighted by atomic mass is 9.84. The first kappa shape index (κ1) is 21.6. The summed E-state index contributed by atoms with van der Waals surface area (Å²) in [7, 11) is -4.95. The van der Waals surface area contributed by atoms with E-state index in [0.717, 1.165) is 6.07 Å². The fourth-order valence-electron chi connectivity index (χ4n) is 4.31. The van der Waals surface area contributed by atoms with Crippen LogP contribution in [0.25, 0.3) is 0 Å². The molecule has 5 rings (SSSR count). The Morgan fingerprint density at radius 3 is 2.39 bits per heavy atom. The van der Waals surface area contributed by atoms with E-state index in [1.807, 2.05) is 0 Å². The van der Waals surface area contributed by atoms with E-state index in [1.165, 1.54) is 30.3 Å². The lowest BCUT2D eigenvalue weighted by Crippen LogP contribution is -2.51. The zero-order chi connectivity index (χ0) is 23.5. The van der Waals surface area contributed by atoms with Gasteiger partial charge in [0.25, 0.3) is 21.0 Å². The minimum atomic E-state index is -4.95. The average molecular weight is 477 g/mol. The van der Waals surface area contributed by atoms with Gasteiger partial charge >= 0.3 is 0 Å². The van der Waals surface area contributed by atoms with Crippen LogP contribution in [0.1, 0.15) is 31.8 Å². The van der Waals surface area contributed by atoms with Gasteiger partial charge < -0.3 is 14.6 Å². The molecule has 2 fully saturated rings. The van der Waals surface area contributed by atoms with Crippen molar-refractivity contribution in [2.45, 2.75) is 29.0 Å². The third-order valence-corrected chi connectivity index (χ3v) is 7.08. The molecule has 0 spiro atoms. The Kier molecular flexibility index (Phi) is 4.84. The van der Waals surface area contributed by atoms with Gasteiger partial charge in [0.1, 0.15) is 29.8 Å². The van der Waals surface area contributed by atoms with Crippen LogP contribution in [0.4, 0.5) is 0 Å². The summed E-state index contributed by atoms with van der Waals surface area (Å²) in [6.45, 7) is -1.03. The quantitative estimate of drug-likeness (QED) is 0.231. The molecule has 12 nitrogen and oxygen atoms in total. The van der Waals surface area contributed by atoms with Crippen molar-refractivity contribution in [2.75, 3.05) is 13.2 Å². The second-order valence-corrected chi connectivity index (χ2v) is 9.16. The Labute approximate surface area is 185 Å². The Bertz CT molecular complexity index is 1310. The number of carbonyl (C=O) groups excluding carboxylic acids is 2. The van der Waals surface area contributed by atoms with Gasteiger partial charge in [0.05, 0.1) is 12.2 Å². The second kappa shape index (κ2) is 7.40. The van der Waals surface area contributed by atoms with Crippen molar-refractivity contribution in [3.63, 3.8) is 0 Å². The van der Waals surface area contributed by atoms with Gasteiger partial charge in [-0.1, -0.05) is 36.4 Å². The highest BCUT2D eigenvalue weighted by atomic mass is 32.2. The molecule has 0 aromatic heterocycles. The average Bonchev–Trinajstić information content (AvgIpc) is 3.31. The first-order valence-electron chi connectivity index (χ1n) is 9.66. The van der Waals surface area contributed by atoms with Crippen molar-refractivity contribution >= 4 is 21.7 Å². The van der Waals surface area contributed by atoms with E-state index < -0.39 is 67.9 Å². The molecule has 1 aliphatic carbocycles. The van der Waals surface area contributed by atoms with Gasteiger partial charge in [0.2, 0.25) is 0 Å². The fourth-order valence-corrected chi connectivity index (χ4v) is 5.64. The molecule has 3 aliphatic rings. The maximum atomic E-state index is 13.3. The summed E-state index contributed by atoms with van der Waals surface area (Å²) in [5, 5.41) is 19.8. The third kappa shape index (κ3) is 3.24. The maximum Gasteiger partial charge on any atom is 0.300 e. The first-order valence-corrected chi connectivity index (χ1v) is 11.1. The van der Waals surface area contributed by atoms with E-state index in [2.05, 4.69) is 4.84 Å². The van der Waals surface area contributed by atoms with Crippen molar-refractivity contribution in [3.8, 4) is 0 Å². The van der Waals surface area contributed by atoms with E-state index in [-0.39, 0.29) is 23.3 Å². The smallest absolute Gasteiger partial charge is 0.300 e. The molecule has 0 saturated carbocycles. The SMILES string of the molecule is O=C1c2ccccc2C(=O)c2c1cccc2S(=O)(=O)O[C@@]1(O[N+](=O)[O-])CO[C@@H]2[C@H](O)CO[C@@H]21. The molecule has 172 valence electrons. The summed E-state index contributed by atoms with van der Waals surface area (Å²) >= 11 is 0. The number of aliphatic hydroxyl groups is 1. The summed E-state index contributed by atoms with van der Waals surface area (Å²) in [5.74, 6) is -3.84. The van der Waals surface area contributed by atoms with Gasteiger partial charge in [-0.25, -0.2) is 4.18 Å². The van der Waals surface area contributed by atoms with E-state index >= 15 is 0 Å². The van der Waals surface area contributed by atoms with Crippen LogP contribution < -0.4 is 0 Å². The molecule has 2 aromatic rings. The number of fused-ring (bicyclic) bond motifs is 3. The molecule has 33 heavy (non-hydrogen) atoms. The molecule has 0 amide bonds. The van der Waals surface area contributed by atoms with Gasteiger partial charge in [-0.2, -0.15) is 8.42 Å². The highest BCUT2D eigenvalue weighted by Gasteiger charge is 2.62. The molecule has 2 saturated heterocycles. The predicted octanol–water partition coefficient (Wildman–Crippen LogP) is 0.230. The summed E-state index contributed by atoms with van der Waals surface area (Å²) < 4.78 is 42.3. The number of hydrogen-bond acceptors (Lipinski definition) is 11. The van der Waals surface area contributed by atoms with Crippen LogP contribution in [0.5, 0.6) is 0 Å². The monoisotopic (exact) mass is 477 g/mol. The Hall–Kier alpha value is -3.23. The van der Waals surface area contributed by atoms with Crippen LogP contribution in [-0.4, -0.2) is 67.5 Å². The van der Waals surface area contributed by atoms with Gasteiger partial charge in [0.15, 0.2) is 11.6 Å². The minimum Gasteiger partial charge on any atom is -0.388 e. The maximum absolute atomic E-state index is 13.3. The number of nitrogens with zero attached hydrogens (tertiary/aromatic N) is 1. The Morgan fingerprint density at radius 2 is 1.70 bits per heavy atom. The summed E-state index contributed by atoms with van der Waals surface area (Å²) in [4.78, 5) is 41.1. The van der Waals surface area contributed by atoms with Crippen LogP contribution in [0, 0.1) is 10.1 Å². The van der Waals surface area contributed by atoms with Crippen molar-refractivity contribution < 1.29 is 46.7 Å². The largest absolute Gasteiger partial charge is 0.388 e. The summed E-state index contributed by atoms with van der Waals surface area (Å²) in [5.41, 5.74) is -0.430. The third-order valence-electron chi connectivity index (χ3n) is 5.70. The second-order valence-electron chi connectivity index (χ2n) is 7.64. The van der Waals surface area contributed by atoms with Gasteiger partial charge in [0, 0.05) is 16.7 Å². The fraction of sp³-hybridized carbons (Fsp3) is 0.300. The molecule has 2 aliphatic heterocycles. The van der Waals surface area contributed by atoms with E-state index in [9.17, 15) is 33.2 Å². The van der Waals surface area contributed by atoms with Gasteiger partial charge in [-0.15, -0.1) is 10.1 Å². The van der Waals surface area contributed by atoms with E-state index in [4.69, 9.17) is 13.7 Å². The van der Waals surface area contributed by atoms with Crippen LogP contribution >= 0.6 is 0 Å². The molecule has 2 heterocycles. The molecular weight excluding hydrogens is 462 g/mol. The summed E-state index contributed by atoms with van der Waals surface area (Å²) in [6, 6.07) is 9.55. The molecule has 13 heteroatoms. The molecule has 0 radical (unpaired) electrons. The lowest BCUT2D eigenvalue weighted by Gasteiger charge is -2.29. The van der Waals surface area contributed by atoms with Crippen molar-refractivity contribution in [1.82, 2.24) is 0 Å². The Morgan fingerprint density at radius 1 is 1.03 bits per heavy atom. The van der Waals surface area contributed by atoms with Crippen molar-refractivity contribution in [3.05, 3.63) is 74.8 Å². The van der Waals surface area contributed by atoms with E-state index in [1.54, 1.807) is 6.07 Å². The summed E-state index contributed by atoms with van der Waals surface area (Å²) in [6.07, 6.45) is -3.75. The topological polar surface area (TPSA) is 169 Å². The zero-order valence-corrected chi connectivity index (χ0v) is 17.4. The Balaban J connectivity index is 1.60. The van der Waals surface area contributed by atoms with E-state index in [0.29, 0.717) is 0 Å². The number of carbonyl (C=O) groups is 2. The molecule has 0 bridgehead atoms. The molecule has 0 unspecified atom stereocenters. The standard InChI is InChI=1S/C20H15NO11S/c22-13-8-29-19-18(13)30-9-20(19,31-21(25)26)32-33(27,28)14-7-3-6-12-15(14)17(24)11-5-2-1-4-10(11)16(12)23/h1-7,13,18-19,22H,8-9H2/t13-,18-,19+,20+/m1/s1. The zero-order valence-electron chi connectivity index (χ0n) is 16.6. The predicted molar refractivity (Wildman–Crippen MR) is 104 cm³/mol. The van der Waals surface area contributed by atoms with Crippen LogP contribution in [0.15, 0.2) is 47.4 Å². The van der Waals surface area contributed by atoms with Crippen molar-refractivity contribution in [2.24, 2.45) is 0 Å². The number of rotatable bonds is 5. The highest BCUT2D eigenvalue weighted by Crippen LogP contribution is 2.41. The number of ether oxygens (including phenoxy) is 2. The first-order chi connectivity index (χ1) is 15.6. The number of benzene rings is 2. The molecule has 2 aromatic carbocycles. The lowest BCUT2D eigenvalue weighted by molar-refractivity contribution is -0.794. The van der Waals surface area contributed by atoms with Crippen molar-refractivity contribution in [1.29, 1.82) is 0 Å². The van der Waals surface area contributed by atoms with Gasteiger partial charge in [-0.3, -0.25) is 14.4 Å². The van der Waals surface area contributed by atoms with Gasteiger partial charge in [-0.05, 0) is 6.07 Å².